The number of hydrogen-bond acceptors (Lipinski definition) is 3. The number of rotatable bonds is 3. The van der Waals surface area contributed by atoms with Gasteiger partial charge in [0.2, 0.25) is 0 Å². The summed E-state index contributed by atoms with van der Waals surface area (Å²) < 4.78 is 18.1. The molecule has 2 aromatic carbocycles. The van der Waals surface area contributed by atoms with Gasteiger partial charge in [0.15, 0.2) is 11.6 Å². The molecule has 0 saturated carbocycles. The highest BCUT2D eigenvalue weighted by Crippen LogP contribution is 2.25. The molecule has 2 aromatic rings. The van der Waals surface area contributed by atoms with Crippen LogP contribution < -0.4 is 10.1 Å². The van der Waals surface area contributed by atoms with Crippen molar-refractivity contribution in [1.29, 1.82) is 0 Å². The van der Waals surface area contributed by atoms with Crippen LogP contribution in [0, 0.1) is 12.7 Å². The lowest BCUT2D eigenvalue weighted by molar-refractivity contribution is 0.102. The van der Waals surface area contributed by atoms with Gasteiger partial charge in [-0.3, -0.25) is 4.79 Å². The highest BCUT2D eigenvalue weighted by Gasteiger charge is 2.12. The van der Waals surface area contributed by atoms with Crippen molar-refractivity contribution in [1.82, 2.24) is 0 Å². The number of anilines is 1. The second-order valence-corrected chi connectivity index (χ2v) is 4.25. The number of ether oxygens (including phenoxy) is 1. The number of phenolic OH excluding ortho intramolecular Hbond substituents is 1. The lowest BCUT2D eigenvalue weighted by atomic mass is 10.1. The van der Waals surface area contributed by atoms with Crippen LogP contribution in [0.15, 0.2) is 36.4 Å². The number of carbonyl (C=O) groups excluding carboxylic acids is 1. The van der Waals surface area contributed by atoms with Gasteiger partial charge in [-0.15, -0.1) is 0 Å². The summed E-state index contributed by atoms with van der Waals surface area (Å²) in [5.41, 5.74) is 1.33. The SMILES string of the molecule is COc1cc(C(=O)Nc2cccc(O)c2C)ccc1F. The maximum atomic E-state index is 13.3. The summed E-state index contributed by atoms with van der Waals surface area (Å²) in [5, 5.41) is 12.2. The first kappa shape index (κ1) is 13.9. The number of carbonyl (C=O) groups is 1. The number of amides is 1. The largest absolute Gasteiger partial charge is 0.508 e. The number of methoxy groups -OCH3 is 1. The van der Waals surface area contributed by atoms with Crippen LogP contribution in [0.2, 0.25) is 0 Å². The third-order valence-corrected chi connectivity index (χ3v) is 2.97. The van der Waals surface area contributed by atoms with Gasteiger partial charge in [0.1, 0.15) is 5.75 Å². The summed E-state index contributed by atoms with van der Waals surface area (Å²) in [7, 11) is 1.33. The van der Waals surface area contributed by atoms with E-state index in [1.165, 1.54) is 31.4 Å². The van der Waals surface area contributed by atoms with Gasteiger partial charge >= 0.3 is 0 Å². The highest BCUT2D eigenvalue weighted by atomic mass is 19.1. The molecule has 0 aliphatic rings. The Balaban J connectivity index is 2.26. The van der Waals surface area contributed by atoms with Crippen molar-refractivity contribution >= 4 is 11.6 Å². The van der Waals surface area contributed by atoms with Crippen molar-refractivity contribution in [2.24, 2.45) is 0 Å². The topological polar surface area (TPSA) is 58.6 Å². The minimum Gasteiger partial charge on any atom is -0.508 e. The predicted molar refractivity (Wildman–Crippen MR) is 73.7 cm³/mol. The normalized spacial score (nSPS) is 10.2. The third kappa shape index (κ3) is 2.71. The Hall–Kier alpha value is -2.56. The van der Waals surface area contributed by atoms with Gasteiger partial charge in [-0.05, 0) is 37.3 Å². The van der Waals surface area contributed by atoms with E-state index in [0.29, 0.717) is 11.3 Å². The van der Waals surface area contributed by atoms with Crippen molar-refractivity contribution in [3.8, 4) is 11.5 Å². The first-order chi connectivity index (χ1) is 9.52. The Morgan fingerprint density at radius 3 is 2.75 bits per heavy atom. The summed E-state index contributed by atoms with van der Waals surface area (Å²) in [5.74, 6) is -0.834. The molecule has 0 atom stereocenters. The van der Waals surface area contributed by atoms with Crippen LogP contribution >= 0.6 is 0 Å². The predicted octanol–water partition coefficient (Wildman–Crippen LogP) is 3.10. The van der Waals surface area contributed by atoms with Gasteiger partial charge in [-0.2, -0.15) is 0 Å². The Bertz CT molecular complexity index is 656. The second kappa shape index (κ2) is 5.61. The zero-order valence-electron chi connectivity index (χ0n) is 11.1. The quantitative estimate of drug-likeness (QED) is 0.905. The first-order valence-electron chi connectivity index (χ1n) is 5.96. The standard InChI is InChI=1S/C15H14FNO3/c1-9-12(4-3-5-13(9)18)17-15(19)10-6-7-11(16)14(8-10)20-2/h3-8,18H,1-2H3,(H,17,19). The van der Waals surface area contributed by atoms with Crippen molar-refractivity contribution in [2.45, 2.75) is 6.92 Å². The number of phenols is 1. The van der Waals surface area contributed by atoms with Gasteiger partial charge in [0.05, 0.1) is 7.11 Å². The Labute approximate surface area is 115 Å². The van der Waals surface area contributed by atoms with Gasteiger partial charge in [0.25, 0.3) is 5.91 Å². The van der Waals surface area contributed by atoms with E-state index in [9.17, 15) is 14.3 Å². The van der Waals surface area contributed by atoms with Gasteiger partial charge in [-0.1, -0.05) is 6.07 Å². The van der Waals surface area contributed by atoms with E-state index in [-0.39, 0.29) is 17.1 Å². The fourth-order valence-electron chi connectivity index (χ4n) is 1.75. The molecule has 0 aliphatic heterocycles. The van der Waals surface area contributed by atoms with Crippen molar-refractivity contribution in [2.75, 3.05) is 12.4 Å². The monoisotopic (exact) mass is 275 g/mol. The molecule has 0 spiro atoms. The molecular weight excluding hydrogens is 261 g/mol. The van der Waals surface area contributed by atoms with E-state index in [4.69, 9.17) is 4.74 Å². The molecule has 0 bridgehead atoms. The van der Waals surface area contributed by atoms with Gasteiger partial charge in [-0.25, -0.2) is 4.39 Å². The van der Waals surface area contributed by atoms with E-state index in [0.717, 1.165) is 0 Å². The molecule has 4 nitrogen and oxygen atoms in total. The van der Waals surface area contributed by atoms with Crippen molar-refractivity contribution in [3.05, 3.63) is 53.3 Å². The number of hydrogen-bond donors (Lipinski definition) is 2. The number of halogens is 1. The maximum absolute atomic E-state index is 13.3. The molecule has 0 unspecified atom stereocenters. The maximum Gasteiger partial charge on any atom is 0.255 e. The summed E-state index contributed by atoms with van der Waals surface area (Å²) >= 11 is 0. The van der Waals surface area contributed by atoms with Crippen LogP contribution in [0.3, 0.4) is 0 Å². The Morgan fingerprint density at radius 2 is 2.05 bits per heavy atom. The highest BCUT2D eigenvalue weighted by molar-refractivity contribution is 6.05. The van der Waals surface area contributed by atoms with Crippen LogP contribution in [0.1, 0.15) is 15.9 Å². The van der Waals surface area contributed by atoms with E-state index < -0.39 is 11.7 Å². The Morgan fingerprint density at radius 1 is 1.30 bits per heavy atom. The zero-order chi connectivity index (χ0) is 14.7. The molecule has 1 amide bonds. The molecule has 2 N–H and O–H groups in total. The molecule has 0 radical (unpaired) electrons. The zero-order valence-corrected chi connectivity index (χ0v) is 11.1. The molecule has 5 heteroatoms. The van der Waals surface area contributed by atoms with Crippen molar-refractivity contribution < 1.29 is 19.0 Å². The van der Waals surface area contributed by atoms with E-state index in [2.05, 4.69) is 5.32 Å². The molecule has 0 fully saturated rings. The fraction of sp³-hybridized carbons (Fsp3) is 0.133. The smallest absolute Gasteiger partial charge is 0.255 e. The van der Waals surface area contributed by atoms with E-state index in [1.807, 2.05) is 0 Å². The lowest BCUT2D eigenvalue weighted by Crippen LogP contribution is -2.13. The van der Waals surface area contributed by atoms with Crippen LogP contribution in [0.4, 0.5) is 10.1 Å². The number of benzene rings is 2. The fourth-order valence-corrected chi connectivity index (χ4v) is 1.75. The number of aromatic hydroxyl groups is 1. The van der Waals surface area contributed by atoms with Gasteiger partial charge in [0, 0.05) is 16.8 Å². The third-order valence-electron chi connectivity index (χ3n) is 2.97. The van der Waals surface area contributed by atoms with Gasteiger partial charge < -0.3 is 15.2 Å². The molecule has 2 rings (SSSR count). The average molecular weight is 275 g/mol. The van der Waals surface area contributed by atoms with Crippen LogP contribution in [0.25, 0.3) is 0 Å². The molecule has 0 aromatic heterocycles. The molecule has 0 aliphatic carbocycles. The molecule has 0 heterocycles. The van der Waals surface area contributed by atoms with Crippen LogP contribution in [0.5, 0.6) is 11.5 Å². The second-order valence-electron chi connectivity index (χ2n) is 4.25. The number of nitrogens with one attached hydrogen (secondary N) is 1. The first-order valence-corrected chi connectivity index (χ1v) is 5.96. The van der Waals surface area contributed by atoms with Crippen molar-refractivity contribution in [3.63, 3.8) is 0 Å². The van der Waals surface area contributed by atoms with Crippen LogP contribution in [-0.4, -0.2) is 18.1 Å². The lowest BCUT2D eigenvalue weighted by Gasteiger charge is -2.10. The summed E-state index contributed by atoms with van der Waals surface area (Å²) in [4.78, 5) is 12.1. The molecule has 20 heavy (non-hydrogen) atoms. The molecule has 104 valence electrons. The summed E-state index contributed by atoms with van der Waals surface area (Å²) in [6.45, 7) is 1.69. The Kier molecular flexibility index (Phi) is 3.89. The summed E-state index contributed by atoms with van der Waals surface area (Å²) in [6, 6.07) is 8.69. The minimum absolute atomic E-state index is 0.00489. The molecular formula is C15H14FNO3. The van der Waals surface area contributed by atoms with E-state index in [1.54, 1.807) is 19.1 Å². The average Bonchev–Trinajstić information content (AvgIpc) is 2.44. The van der Waals surface area contributed by atoms with Crippen LogP contribution in [-0.2, 0) is 0 Å². The van der Waals surface area contributed by atoms with E-state index >= 15 is 0 Å². The molecule has 0 saturated heterocycles. The summed E-state index contributed by atoms with van der Waals surface area (Å²) in [6.07, 6.45) is 0. The minimum atomic E-state index is -0.530.